The number of benzene rings is 2. The SMILES string of the molecule is CCOC(=O)C1=C(C)OC(N)=C(C#N)C1c1ccc(OC)c(OCc2cccc(OC)c2)c1. The lowest BCUT2D eigenvalue weighted by molar-refractivity contribution is -0.139. The number of methoxy groups -OCH3 is 2. The zero-order valence-electron chi connectivity index (χ0n) is 19.0. The van der Waals surface area contributed by atoms with Crippen LogP contribution in [0.3, 0.4) is 0 Å². The number of hydrogen-bond donors (Lipinski definition) is 1. The zero-order valence-corrected chi connectivity index (χ0v) is 19.0. The molecule has 0 spiro atoms. The average molecular weight is 450 g/mol. The highest BCUT2D eigenvalue weighted by Crippen LogP contribution is 2.42. The standard InChI is InChI=1S/C25H26N2O6/c1-5-31-25(28)22-15(2)33-24(27)19(13-26)23(22)17-9-10-20(30-4)21(12-17)32-14-16-7-6-8-18(11-16)29-3/h6-12,23H,5,14,27H2,1-4H3. The molecule has 1 unspecified atom stereocenters. The molecule has 0 aromatic heterocycles. The highest BCUT2D eigenvalue weighted by atomic mass is 16.5. The lowest BCUT2D eigenvalue weighted by Gasteiger charge is -2.27. The summed E-state index contributed by atoms with van der Waals surface area (Å²) in [4.78, 5) is 12.7. The largest absolute Gasteiger partial charge is 0.497 e. The van der Waals surface area contributed by atoms with Crippen molar-refractivity contribution in [1.82, 2.24) is 0 Å². The second kappa shape index (κ2) is 10.5. The molecule has 0 saturated heterocycles. The van der Waals surface area contributed by atoms with Crippen molar-refractivity contribution in [2.24, 2.45) is 5.73 Å². The molecular formula is C25H26N2O6. The topological polar surface area (TPSA) is 113 Å². The maximum atomic E-state index is 12.7. The average Bonchev–Trinajstić information content (AvgIpc) is 2.82. The molecule has 2 aromatic carbocycles. The number of carbonyl (C=O) groups excluding carboxylic acids is 1. The predicted molar refractivity (Wildman–Crippen MR) is 120 cm³/mol. The second-order valence-corrected chi connectivity index (χ2v) is 7.17. The third-order valence-electron chi connectivity index (χ3n) is 5.15. The molecule has 3 rings (SSSR count). The molecule has 0 amide bonds. The van der Waals surface area contributed by atoms with Gasteiger partial charge in [-0.2, -0.15) is 5.26 Å². The fraction of sp³-hybridized carbons (Fsp3) is 0.280. The maximum Gasteiger partial charge on any atom is 0.338 e. The van der Waals surface area contributed by atoms with Gasteiger partial charge in [-0.3, -0.25) is 0 Å². The smallest absolute Gasteiger partial charge is 0.338 e. The van der Waals surface area contributed by atoms with Crippen molar-refractivity contribution >= 4 is 5.97 Å². The van der Waals surface area contributed by atoms with Crippen molar-refractivity contribution in [3.8, 4) is 23.3 Å². The van der Waals surface area contributed by atoms with E-state index >= 15 is 0 Å². The van der Waals surface area contributed by atoms with E-state index in [0.29, 0.717) is 17.1 Å². The highest BCUT2D eigenvalue weighted by molar-refractivity contribution is 5.92. The van der Waals surface area contributed by atoms with E-state index in [9.17, 15) is 10.1 Å². The van der Waals surface area contributed by atoms with Gasteiger partial charge in [0.2, 0.25) is 5.88 Å². The molecule has 8 nitrogen and oxygen atoms in total. The van der Waals surface area contributed by atoms with Crippen LogP contribution in [-0.4, -0.2) is 26.8 Å². The van der Waals surface area contributed by atoms with Crippen molar-refractivity contribution < 1.29 is 28.5 Å². The van der Waals surface area contributed by atoms with Crippen LogP contribution >= 0.6 is 0 Å². The van der Waals surface area contributed by atoms with E-state index in [2.05, 4.69) is 6.07 Å². The minimum Gasteiger partial charge on any atom is -0.497 e. The van der Waals surface area contributed by atoms with E-state index in [4.69, 9.17) is 29.4 Å². The number of carbonyl (C=O) groups is 1. The van der Waals surface area contributed by atoms with E-state index in [1.165, 1.54) is 7.11 Å². The van der Waals surface area contributed by atoms with Crippen molar-refractivity contribution in [2.75, 3.05) is 20.8 Å². The summed E-state index contributed by atoms with van der Waals surface area (Å²) in [6.07, 6.45) is 0. The van der Waals surface area contributed by atoms with Crippen LogP contribution in [0, 0.1) is 11.3 Å². The number of allylic oxidation sites excluding steroid dienone is 2. The van der Waals surface area contributed by atoms with E-state index in [0.717, 1.165) is 11.3 Å². The quantitative estimate of drug-likeness (QED) is 0.602. The van der Waals surface area contributed by atoms with Crippen LogP contribution in [0.4, 0.5) is 0 Å². The summed E-state index contributed by atoms with van der Waals surface area (Å²) in [7, 11) is 3.14. The van der Waals surface area contributed by atoms with Gasteiger partial charge < -0.3 is 29.4 Å². The van der Waals surface area contributed by atoms with Gasteiger partial charge in [-0.1, -0.05) is 18.2 Å². The van der Waals surface area contributed by atoms with Gasteiger partial charge in [-0.15, -0.1) is 0 Å². The van der Waals surface area contributed by atoms with Gasteiger partial charge in [0, 0.05) is 0 Å². The first-order chi connectivity index (χ1) is 15.9. The molecule has 8 heteroatoms. The van der Waals surface area contributed by atoms with Gasteiger partial charge in [0.1, 0.15) is 29.8 Å². The van der Waals surface area contributed by atoms with E-state index < -0.39 is 11.9 Å². The molecule has 172 valence electrons. The Labute approximate surface area is 192 Å². The normalized spacial score (nSPS) is 15.4. The molecule has 1 atom stereocenters. The van der Waals surface area contributed by atoms with Gasteiger partial charge in [0.05, 0.1) is 32.3 Å². The number of hydrogen-bond acceptors (Lipinski definition) is 8. The third-order valence-corrected chi connectivity index (χ3v) is 5.15. The van der Waals surface area contributed by atoms with Gasteiger partial charge in [0.15, 0.2) is 11.5 Å². The van der Waals surface area contributed by atoms with Crippen molar-refractivity contribution in [3.05, 3.63) is 76.4 Å². The molecule has 0 saturated carbocycles. The predicted octanol–water partition coefficient (Wildman–Crippen LogP) is 3.93. The third kappa shape index (κ3) is 5.04. The molecular weight excluding hydrogens is 424 g/mol. The van der Waals surface area contributed by atoms with Crippen molar-refractivity contribution in [3.63, 3.8) is 0 Å². The first-order valence-corrected chi connectivity index (χ1v) is 10.3. The zero-order chi connectivity index (χ0) is 24.0. The fourth-order valence-corrected chi connectivity index (χ4v) is 3.60. The summed E-state index contributed by atoms with van der Waals surface area (Å²) in [6, 6.07) is 14.8. The number of ether oxygens (including phenoxy) is 5. The second-order valence-electron chi connectivity index (χ2n) is 7.17. The summed E-state index contributed by atoms with van der Waals surface area (Å²) in [6.45, 7) is 3.76. The molecule has 0 radical (unpaired) electrons. The summed E-state index contributed by atoms with van der Waals surface area (Å²) < 4.78 is 27.4. The number of nitrogens with zero attached hydrogens (tertiary/aromatic N) is 1. The van der Waals surface area contributed by atoms with Crippen LogP contribution in [-0.2, 0) is 20.9 Å². The summed E-state index contributed by atoms with van der Waals surface area (Å²) in [5.41, 5.74) is 7.83. The Kier molecular flexibility index (Phi) is 7.46. The Balaban J connectivity index is 2.01. The first-order valence-electron chi connectivity index (χ1n) is 10.3. The fourth-order valence-electron chi connectivity index (χ4n) is 3.60. The van der Waals surface area contributed by atoms with Crippen molar-refractivity contribution in [2.45, 2.75) is 26.4 Å². The first kappa shape index (κ1) is 23.5. The Hall–Kier alpha value is -4.12. The summed E-state index contributed by atoms with van der Waals surface area (Å²) >= 11 is 0. The molecule has 0 aliphatic carbocycles. The number of nitriles is 1. The molecule has 1 heterocycles. The lowest BCUT2D eigenvalue weighted by Crippen LogP contribution is -2.25. The van der Waals surface area contributed by atoms with Crippen LogP contribution in [0.1, 0.15) is 30.9 Å². The molecule has 0 bridgehead atoms. The molecule has 33 heavy (non-hydrogen) atoms. The minimum atomic E-state index is -0.770. The van der Waals surface area contributed by atoms with Crippen LogP contribution in [0.2, 0.25) is 0 Å². The van der Waals surface area contributed by atoms with Crippen molar-refractivity contribution in [1.29, 1.82) is 5.26 Å². The molecule has 2 aromatic rings. The van der Waals surface area contributed by atoms with E-state index in [1.807, 2.05) is 24.3 Å². The van der Waals surface area contributed by atoms with E-state index in [1.54, 1.807) is 39.2 Å². The lowest BCUT2D eigenvalue weighted by atomic mass is 9.83. The van der Waals surface area contributed by atoms with Gasteiger partial charge in [-0.25, -0.2) is 4.79 Å². The van der Waals surface area contributed by atoms with Crippen LogP contribution in [0.5, 0.6) is 17.2 Å². The Morgan fingerprint density at radius 2 is 1.94 bits per heavy atom. The van der Waals surface area contributed by atoms with Crippen LogP contribution < -0.4 is 19.9 Å². The molecule has 2 N–H and O–H groups in total. The molecule has 0 fully saturated rings. The molecule has 1 aliphatic rings. The minimum absolute atomic E-state index is 0.0530. The Bertz CT molecular complexity index is 1150. The molecule has 1 aliphatic heterocycles. The van der Waals surface area contributed by atoms with Crippen LogP contribution in [0.25, 0.3) is 0 Å². The number of nitrogens with two attached hydrogens (primary N) is 1. The Morgan fingerprint density at radius 3 is 2.61 bits per heavy atom. The summed E-state index contributed by atoms with van der Waals surface area (Å²) in [5.74, 6) is 0.552. The highest BCUT2D eigenvalue weighted by Gasteiger charge is 2.36. The Morgan fingerprint density at radius 1 is 1.15 bits per heavy atom. The number of esters is 1. The monoisotopic (exact) mass is 450 g/mol. The van der Waals surface area contributed by atoms with Crippen LogP contribution in [0.15, 0.2) is 65.3 Å². The number of rotatable bonds is 8. The van der Waals surface area contributed by atoms with Gasteiger partial charge in [-0.05, 0) is 49.2 Å². The van der Waals surface area contributed by atoms with Gasteiger partial charge in [0.25, 0.3) is 0 Å². The maximum absolute atomic E-state index is 12.7. The van der Waals surface area contributed by atoms with Gasteiger partial charge >= 0.3 is 5.97 Å². The summed E-state index contributed by atoms with van der Waals surface area (Å²) in [5, 5.41) is 9.77. The van der Waals surface area contributed by atoms with E-state index in [-0.39, 0.29) is 36.0 Å².